The first-order valence-corrected chi connectivity index (χ1v) is 12.5. The number of carbonyl (C=O) groups is 1. The number of likely N-dealkylation sites (tertiary alicyclic amines) is 1. The van der Waals surface area contributed by atoms with Gasteiger partial charge in [-0.25, -0.2) is 13.4 Å². The number of amides is 1. The Morgan fingerprint density at radius 2 is 2.06 bits per heavy atom. The number of piperidine rings is 1. The molecule has 6 N–H and O–H groups in total. The van der Waals surface area contributed by atoms with Crippen molar-refractivity contribution in [2.24, 2.45) is 0 Å². The van der Waals surface area contributed by atoms with Crippen molar-refractivity contribution < 1.29 is 13.2 Å². The molecule has 5 rings (SSSR count). The monoisotopic (exact) mass is 484 g/mol. The van der Waals surface area contributed by atoms with Crippen LogP contribution in [0.3, 0.4) is 0 Å². The molecule has 0 aromatic carbocycles. The fraction of sp³-hybridized carbons (Fsp3) is 0.350. The van der Waals surface area contributed by atoms with Crippen LogP contribution in [-0.2, 0) is 9.84 Å². The molecule has 178 valence electrons. The standard InChI is InChI=1S/C20H24N10O3S/c1-10-5-11(3-4-29(10)20(31)14-6-15(21)28-27-14)16-17(34(2,32)33)18(22)30-19(26-16)13(9-25-30)12-7-23-24-8-12/h6-11H,3-5,22H2,1-2H3,(H,23,24)(H3,21,27,28)/t10-,11+/m0/s1. The summed E-state index contributed by atoms with van der Waals surface area (Å²) >= 11 is 0. The van der Waals surface area contributed by atoms with Crippen molar-refractivity contribution in [2.45, 2.75) is 36.6 Å². The van der Waals surface area contributed by atoms with Gasteiger partial charge in [0.25, 0.3) is 5.91 Å². The van der Waals surface area contributed by atoms with Crippen molar-refractivity contribution in [1.29, 1.82) is 0 Å². The number of sulfone groups is 1. The molecule has 0 bridgehead atoms. The number of nitrogens with two attached hydrogens (primary N) is 2. The Balaban J connectivity index is 1.55. The second-order valence-electron chi connectivity index (χ2n) is 8.54. The molecule has 4 aromatic heterocycles. The van der Waals surface area contributed by atoms with Gasteiger partial charge in [-0.15, -0.1) is 0 Å². The lowest BCUT2D eigenvalue weighted by molar-refractivity contribution is 0.0607. The second kappa shape index (κ2) is 7.83. The Morgan fingerprint density at radius 1 is 1.26 bits per heavy atom. The lowest BCUT2D eigenvalue weighted by Crippen LogP contribution is -2.44. The van der Waals surface area contributed by atoms with Gasteiger partial charge in [-0.3, -0.25) is 15.0 Å². The van der Waals surface area contributed by atoms with E-state index in [1.165, 1.54) is 10.6 Å². The summed E-state index contributed by atoms with van der Waals surface area (Å²) in [6, 6.07) is 1.32. The molecule has 5 heterocycles. The SMILES string of the molecule is C[C@H]1C[C@H](c2nc3c(-c4cn[nH]c4)cnn3c(N)c2S(C)(=O)=O)CCN1C(=O)c1cc(N)n[nH]1. The zero-order valence-electron chi connectivity index (χ0n) is 18.6. The van der Waals surface area contributed by atoms with Crippen LogP contribution in [0.15, 0.2) is 29.6 Å². The quantitative estimate of drug-likeness (QED) is 0.324. The van der Waals surface area contributed by atoms with Gasteiger partial charge < -0.3 is 16.4 Å². The Kier molecular flexibility index (Phi) is 5.04. The molecule has 2 atom stereocenters. The molecule has 34 heavy (non-hydrogen) atoms. The first-order chi connectivity index (χ1) is 16.1. The van der Waals surface area contributed by atoms with Crippen LogP contribution >= 0.6 is 0 Å². The van der Waals surface area contributed by atoms with Crippen LogP contribution in [0.25, 0.3) is 16.8 Å². The number of nitrogen functional groups attached to an aromatic ring is 2. The molecular formula is C20H24N10O3S. The molecule has 14 heteroatoms. The van der Waals surface area contributed by atoms with Gasteiger partial charge in [0.05, 0.1) is 18.1 Å². The van der Waals surface area contributed by atoms with Gasteiger partial charge in [-0.2, -0.15) is 19.8 Å². The number of hydrogen-bond acceptors (Lipinski definition) is 9. The molecule has 1 aliphatic heterocycles. The predicted octanol–water partition coefficient (Wildman–Crippen LogP) is 0.819. The van der Waals surface area contributed by atoms with E-state index in [-0.39, 0.29) is 34.4 Å². The molecule has 1 saturated heterocycles. The van der Waals surface area contributed by atoms with Crippen LogP contribution in [0.2, 0.25) is 0 Å². The summed E-state index contributed by atoms with van der Waals surface area (Å²) in [5.41, 5.74) is 14.6. The fourth-order valence-corrected chi connectivity index (χ4v) is 5.66. The summed E-state index contributed by atoms with van der Waals surface area (Å²) in [6.45, 7) is 2.33. The van der Waals surface area contributed by atoms with E-state index >= 15 is 0 Å². The minimum Gasteiger partial charge on any atom is -0.382 e. The van der Waals surface area contributed by atoms with Gasteiger partial charge in [0.15, 0.2) is 15.5 Å². The minimum atomic E-state index is -3.71. The highest BCUT2D eigenvalue weighted by Gasteiger charge is 2.35. The maximum atomic E-state index is 12.9. The number of aromatic amines is 2. The largest absolute Gasteiger partial charge is 0.382 e. The summed E-state index contributed by atoms with van der Waals surface area (Å²) in [5, 5.41) is 17.5. The van der Waals surface area contributed by atoms with Gasteiger partial charge in [-0.1, -0.05) is 0 Å². The van der Waals surface area contributed by atoms with Crippen LogP contribution in [0.4, 0.5) is 11.6 Å². The van der Waals surface area contributed by atoms with Crippen molar-refractivity contribution in [3.63, 3.8) is 0 Å². The molecule has 0 unspecified atom stereocenters. The van der Waals surface area contributed by atoms with Crippen LogP contribution in [-0.4, -0.2) is 73.1 Å². The van der Waals surface area contributed by atoms with Gasteiger partial charge in [0, 0.05) is 48.2 Å². The Labute approximate surface area is 194 Å². The van der Waals surface area contributed by atoms with E-state index < -0.39 is 9.84 Å². The van der Waals surface area contributed by atoms with Crippen molar-refractivity contribution in [1.82, 2.24) is 39.9 Å². The minimum absolute atomic E-state index is 0.0105. The first kappa shape index (κ1) is 21.9. The topological polar surface area (TPSA) is 194 Å². The maximum absolute atomic E-state index is 12.9. The van der Waals surface area contributed by atoms with E-state index in [9.17, 15) is 13.2 Å². The number of H-pyrrole nitrogens is 2. The van der Waals surface area contributed by atoms with E-state index in [1.807, 2.05) is 6.92 Å². The smallest absolute Gasteiger partial charge is 0.272 e. The first-order valence-electron chi connectivity index (χ1n) is 10.6. The molecule has 0 aliphatic carbocycles. The van der Waals surface area contributed by atoms with Gasteiger partial charge in [0.1, 0.15) is 22.2 Å². The van der Waals surface area contributed by atoms with Crippen LogP contribution in [0.1, 0.15) is 41.9 Å². The second-order valence-corrected chi connectivity index (χ2v) is 10.5. The third-order valence-electron chi connectivity index (χ3n) is 6.20. The molecular weight excluding hydrogens is 460 g/mol. The number of carbonyl (C=O) groups excluding carboxylic acids is 1. The van der Waals surface area contributed by atoms with Crippen molar-refractivity contribution in [2.75, 3.05) is 24.3 Å². The molecule has 1 fully saturated rings. The highest BCUT2D eigenvalue weighted by Crippen LogP contribution is 2.38. The number of anilines is 2. The van der Waals surface area contributed by atoms with Crippen LogP contribution < -0.4 is 11.5 Å². The fourth-order valence-electron chi connectivity index (χ4n) is 4.60. The molecule has 1 aliphatic rings. The zero-order chi connectivity index (χ0) is 24.2. The lowest BCUT2D eigenvalue weighted by Gasteiger charge is -2.37. The predicted molar refractivity (Wildman–Crippen MR) is 124 cm³/mol. The van der Waals surface area contributed by atoms with Crippen LogP contribution in [0.5, 0.6) is 0 Å². The number of aromatic nitrogens is 7. The zero-order valence-corrected chi connectivity index (χ0v) is 19.4. The molecule has 1 amide bonds. The summed E-state index contributed by atoms with van der Waals surface area (Å²) in [4.78, 5) is 19.4. The van der Waals surface area contributed by atoms with Crippen molar-refractivity contribution >= 4 is 33.0 Å². The molecule has 0 spiro atoms. The molecule has 4 aromatic rings. The normalized spacial score (nSPS) is 19.1. The van der Waals surface area contributed by atoms with E-state index in [1.54, 1.807) is 23.5 Å². The van der Waals surface area contributed by atoms with Gasteiger partial charge in [-0.05, 0) is 19.8 Å². The highest BCUT2D eigenvalue weighted by molar-refractivity contribution is 7.91. The number of hydrogen-bond donors (Lipinski definition) is 4. The van der Waals surface area contributed by atoms with E-state index in [4.69, 9.17) is 16.5 Å². The number of nitrogens with one attached hydrogen (secondary N) is 2. The van der Waals surface area contributed by atoms with E-state index in [0.717, 1.165) is 11.8 Å². The average molecular weight is 485 g/mol. The van der Waals surface area contributed by atoms with Crippen LogP contribution in [0, 0.1) is 0 Å². The third-order valence-corrected chi connectivity index (χ3v) is 7.36. The molecule has 0 radical (unpaired) electrons. The van der Waals surface area contributed by atoms with Crippen molar-refractivity contribution in [3.8, 4) is 11.1 Å². The lowest BCUT2D eigenvalue weighted by atomic mass is 9.88. The summed E-state index contributed by atoms with van der Waals surface area (Å²) in [7, 11) is -3.71. The highest BCUT2D eigenvalue weighted by atomic mass is 32.2. The Morgan fingerprint density at radius 3 is 2.68 bits per heavy atom. The van der Waals surface area contributed by atoms with Gasteiger partial charge in [0.2, 0.25) is 0 Å². The van der Waals surface area contributed by atoms with Crippen molar-refractivity contribution in [3.05, 3.63) is 36.0 Å². The van der Waals surface area contributed by atoms with E-state index in [2.05, 4.69) is 25.5 Å². The third kappa shape index (κ3) is 3.55. The number of fused-ring (bicyclic) bond motifs is 1. The number of rotatable bonds is 4. The van der Waals surface area contributed by atoms with E-state index in [0.29, 0.717) is 42.0 Å². The molecule has 0 saturated carbocycles. The summed E-state index contributed by atoms with van der Waals surface area (Å²) in [5.74, 6) is -0.184. The maximum Gasteiger partial charge on any atom is 0.272 e. The average Bonchev–Trinajstić information content (AvgIpc) is 3.52. The summed E-state index contributed by atoms with van der Waals surface area (Å²) in [6.07, 6.45) is 7.05. The summed E-state index contributed by atoms with van der Waals surface area (Å²) < 4.78 is 26.9. The Bertz CT molecular complexity index is 1490. The van der Waals surface area contributed by atoms with Gasteiger partial charge >= 0.3 is 0 Å². The number of nitrogens with zero attached hydrogens (tertiary/aromatic N) is 6. The molecule has 13 nitrogen and oxygen atoms in total. The Hall–Kier alpha value is -3.94.